The second kappa shape index (κ2) is 12.4. The van der Waals surface area contributed by atoms with Crippen molar-refractivity contribution in [1.29, 1.82) is 0 Å². The van der Waals surface area contributed by atoms with Gasteiger partial charge in [0.15, 0.2) is 0 Å². The van der Waals surface area contributed by atoms with Crippen LogP contribution in [-0.2, 0) is 19.1 Å². The highest BCUT2D eigenvalue weighted by Gasteiger charge is 2.18. The number of amidine groups is 1. The maximum absolute atomic E-state index is 12.0. The summed E-state index contributed by atoms with van der Waals surface area (Å²) in [7, 11) is 0. The number of aldehydes is 1. The highest BCUT2D eigenvalue weighted by atomic mass is 35.5. The van der Waals surface area contributed by atoms with Crippen LogP contribution in [0.1, 0.15) is 32.1 Å². The van der Waals surface area contributed by atoms with Crippen LogP contribution < -0.4 is 15.6 Å². The molecule has 1 aromatic carbocycles. The molecular formula is C19H24Cl2N4O4. The molecule has 1 aliphatic rings. The molecule has 1 heterocycles. The van der Waals surface area contributed by atoms with Gasteiger partial charge in [-0.15, -0.1) is 0 Å². The maximum Gasteiger partial charge on any atom is 0.225 e. The number of amides is 2. The Bertz CT molecular complexity index is 758. The molecule has 0 radical (unpaired) electrons. The number of rotatable bonds is 11. The third kappa shape index (κ3) is 8.39. The van der Waals surface area contributed by atoms with E-state index in [2.05, 4.69) is 15.7 Å². The lowest BCUT2D eigenvalue weighted by atomic mass is 10.2. The molecule has 0 saturated heterocycles. The summed E-state index contributed by atoms with van der Waals surface area (Å²) >= 11 is 11.9. The zero-order valence-corrected chi connectivity index (χ0v) is 17.5. The van der Waals surface area contributed by atoms with Crippen molar-refractivity contribution in [2.24, 2.45) is 5.10 Å². The minimum absolute atomic E-state index is 0.144. The van der Waals surface area contributed by atoms with Crippen molar-refractivity contribution in [2.75, 3.05) is 31.3 Å². The average molecular weight is 443 g/mol. The summed E-state index contributed by atoms with van der Waals surface area (Å²) in [5, 5.41) is 12.6. The van der Waals surface area contributed by atoms with E-state index in [9.17, 15) is 14.4 Å². The first-order chi connectivity index (χ1) is 14.0. The van der Waals surface area contributed by atoms with Gasteiger partial charge in [-0.25, -0.2) is 0 Å². The number of nitrogens with zero attached hydrogens (tertiary/aromatic N) is 2. The van der Waals surface area contributed by atoms with E-state index in [0.717, 1.165) is 12.0 Å². The van der Waals surface area contributed by atoms with Crippen molar-refractivity contribution in [3.63, 3.8) is 0 Å². The van der Waals surface area contributed by atoms with Crippen LogP contribution in [0, 0.1) is 0 Å². The van der Waals surface area contributed by atoms with Gasteiger partial charge < -0.3 is 20.2 Å². The van der Waals surface area contributed by atoms with Crippen LogP contribution in [0.4, 0.5) is 5.69 Å². The van der Waals surface area contributed by atoms with Crippen molar-refractivity contribution in [3.8, 4) is 0 Å². The maximum atomic E-state index is 12.0. The average Bonchev–Trinajstić information content (AvgIpc) is 3.15. The summed E-state index contributed by atoms with van der Waals surface area (Å²) in [6.07, 6.45) is 2.74. The number of benzene rings is 1. The SMILES string of the molecule is O=CCCOCCC(=O)NCCCC(=O)NC1=NN(c2ccc(Cl)c(Cl)c2)CC1. The van der Waals surface area contributed by atoms with Gasteiger partial charge >= 0.3 is 0 Å². The molecule has 158 valence electrons. The first-order valence-electron chi connectivity index (χ1n) is 9.37. The molecule has 0 aliphatic carbocycles. The van der Waals surface area contributed by atoms with Gasteiger partial charge in [-0.3, -0.25) is 14.6 Å². The van der Waals surface area contributed by atoms with E-state index in [1.54, 1.807) is 17.1 Å². The third-order valence-corrected chi connectivity index (χ3v) is 4.78. The molecule has 1 aliphatic heterocycles. The van der Waals surface area contributed by atoms with Crippen LogP contribution in [0.5, 0.6) is 0 Å². The first kappa shape index (κ1) is 23.1. The molecule has 0 bridgehead atoms. The highest BCUT2D eigenvalue weighted by molar-refractivity contribution is 6.42. The van der Waals surface area contributed by atoms with Crippen LogP contribution in [0.25, 0.3) is 0 Å². The van der Waals surface area contributed by atoms with Gasteiger partial charge in [-0.1, -0.05) is 23.2 Å². The highest BCUT2D eigenvalue weighted by Crippen LogP contribution is 2.28. The lowest BCUT2D eigenvalue weighted by Crippen LogP contribution is -2.31. The normalized spacial score (nSPS) is 13.2. The van der Waals surface area contributed by atoms with Gasteiger partial charge in [0.1, 0.15) is 12.1 Å². The molecule has 10 heteroatoms. The van der Waals surface area contributed by atoms with E-state index in [4.69, 9.17) is 27.9 Å². The second-order valence-corrected chi connectivity index (χ2v) is 7.15. The Morgan fingerprint density at radius 3 is 2.76 bits per heavy atom. The van der Waals surface area contributed by atoms with Crippen LogP contribution >= 0.6 is 23.2 Å². The number of halogens is 2. The lowest BCUT2D eigenvalue weighted by molar-refractivity contribution is -0.123. The van der Waals surface area contributed by atoms with E-state index in [0.29, 0.717) is 54.8 Å². The summed E-state index contributed by atoms with van der Waals surface area (Å²) in [6.45, 7) is 1.64. The van der Waals surface area contributed by atoms with Crippen molar-refractivity contribution in [1.82, 2.24) is 10.6 Å². The summed E-state index contributed by atoms with van der Waals surface area (Å²) < 4.78 is 5.13. The summed E-state index contributed by atoms with van der Waals surface area (Å²) in [5.41, 5.74) is 0.807. The fourth-order valence-electron chi connectivity index (χ4n) is 2.56. The Morgan fingerprint density at radius 2 is 2.00 bits per heavy atom. The quantitative estimate of drug-likeness (QED) is 0.405. The molecule has 2 rings (SSSR count). The van der Waals surface area contributed by atoms with E-state index in [-0.39, 0.29) is 31.3 Å². The Labute approximate surface area is 179 Å². The van der Waals surface area contributed by atoms with E-state index in [1.165, 1.54) is 0 Å². The Morgan fingerprint density at radius 1 is 1.17 bits per heavy atom. The van der Waals surface area contributed by atoms with Crippen LogP contribution in [0.15, 0.2) is 23.3 Å². The van der Waals surface area contributed by atoms with Crippen LogP contribution in [0.3, 0.4) is 0 Å². The van der Waals surface area contributed by atoms with Crippen molar-refractivity contribution in [3.05, 3.63) is 28.2 Å². The van der Waals surface area contributed by atoms with Gasteiger partial charge in [-0.2, -0.15) is 5.10 Å². The van der Waals surface area contributed by atoms with E-state index >= 15 is 0 Å². The number of ether oxygens (including phenoxy) is 1. The molecule has 0 aromatic heterocycles. The number of hydrogen-bond acceptors (Lipinski definition) is 6. The molecule has 2 N–H and O–H groups in total. The summed E-state index contributed by atoms with van der Waals surface area (Å²) in [6, 6.07) is 5.25. The lowest BCUT2D eigenvalue weighted by Gasteiger charge is -2.13. The molecule has 0 spiro atoms. The minimum Gasteiger partial charge on any atom is -0.380 e. The minimum atomic E-state index is -0.147. The molecule has 29 heavy (non-hydrogen) atoms. The molecule has 1 aromatic rings. The number of hydrogen-bond donors (Lipinski definition) is 2. The fourth-order valence-corrected chi connectivity index (χ4v) is 2.86. The topological polar surface area (TPSA) is 100 Å². The third-order valence-electron chi connectivity index (χ3n) is 4.04. The van der Waals surface area contributed by atoms with Crippen molar-refractivity contribution >= 4 is 52.8 Å². The summed E-state index contributed by atoms with van der Waals surface area (Å²) in [5.74, 6) is 0.303. The van der Waals surface area contributed by atoms with Gasteiger partial charge in [0.2, 0.25) is 11.8 Å². The molecule has 0 atom stereocenters. The Balaban J connectivity index is 1.62. The Hall–Kier alpha value is -2.16. The number of carbonyl (C=O) groups is 3. The first-order valence-corrected chi connectivity index (χ1v) is 10.1. The number of anilines is 1. The van der Waals surface area contributed by atoms with Gasteiger partial charge in [0, 0.05) is 38.8 Å². The monoisotopic (exact) mass is 442 g/mol. The summed E-state index contributed by atoms with van der Waals surface area (Å²) in [4.78, 5) is 33.8. The molecular weight excluding hydrogens is 419 g/mol. The van der Waals surface area contributed by atoms with Crippen molar-refractivity contribution in [2.45, 2.75) is 32.1 Å². The second-order valence-electron chi connectivity index (χ2n) is 6.34. The largest absolute Gasteiger partial charge is 0.380 e. The van der Waals surface area contributed by atoms with Gasteiger partial charge in [-0.05, 0) is 24.6 Å². The molecule has 0 fully saturated rings. The van der Waals surface area contributed by atoms with Crippen LogP contribution in [-0.4, -0.2) is 50.2 Å². The van der Waals surface area contributed by atoms with E-state index < -0.39 is 0 Å². The Kier molecular flexibility index (Phi) is 9.90. The molecule has 0 saturated carbocycles. The zero-order valence-electron chi connectivity index (χ0n) is 16.0. The molecule has 2 amide bonds. The number of carbonyl (C=O) groups excluding carboxylic acids is 3. The van der Waals surface area contributed by atoms with E-state index in [1.807, 2.05) is 6.07 Å². The standard InChI is InChI=1S/C19H24Cl2N4O4/c20-15-5-4-14(13-16(15)21)25-9-6-17(24-25)23-19(28)3-1-8-22-18(27)7-12-29-11-2-10-26/h4-5,10,13H,1-3,6-9,11-12H2,(H,22,27)(H,23,24,28). The number of nitrogens with one attached hydrogen (secondary N) is 2. The fraction of sp³-hybridized carbons (Fsp3) is 0.474. The van der Waals surface area contributed by atoms with Gasteiger partial charge in [0.25, 0.3) is 0 Å². The number of hydrazone groups is 1. The predicted molar refractivity (Wildman–Crippen MR) is 112 cm³/mol. The smallest absolute Gasteiger partial charge is 0.225 e. The zero-order chi connectivity index (χ0) is 21.1. The van der Waals surface area contributed by atoms with Crippen LogP contribution in [0.2, 0.25) is 10.0 Å². The molecule has 8 nitrogen and oxygen atoms in total. The molecule has 0 unspecified atom stereocenters. The predicted octanol–water partition coefficient (Wildman–Crippen LogP) is 2.53. The van der Waals surface area contributed by atoms with Crippen molar-refractivity contribution < 1.29 is 19.1 Å². The van der Waals surface area contributed by atoms with Gasteiger partial charge in [0.05, 0.1) is 28.9 Å².